The normalized spacial score (nSPS) is 12.4. The van der Waals surface area contributed by atoms with Gasteiger partial charge in [-0.15, -0.1) is 0 Å². The topological polar surface area (TPSA) is 107 Å². The fourth-order valence-corrected chi connectivity index (χ4v) is 0.959. The average Bonchev–Trinajstić information content (AvgIpc) is 2.11. The number of nitrogens with zero attached hydrogens (tertiary/aromatic N) is 1. The van der Waals surface area contributed by atoms with Gasteiger partial charge in [0.2, 0.25) is 11.5 Å². The molecule has 6 nitrogen and oxygen atoms in total. The van der Waals surface area contributed by atoms with E-state index in [1.807, 2.05) is 0 Å². The van der Waals surface area contributed by atoms with Gasteiger partial charge in [0.1, 0.15) is 0 Å². The molecule has 0 saturated carbocycles. The van der Waals surface area contributed by atoms with Crippen LogP contribution < -0.4 is 11.2 Å². The molecule has 1 unspecified atom stereocenters. The molecule has 1 rings (SSSR count). The fourth-order valence-electron chi connectivity index (χ4n) is 0.959. The van der Waals surface area contributed by atoms with Crippen molar-refractivity contribution in [3.8, 4) is 5.75 Å². The minimum Gasteiger partial charge on any atom is -0.503 e. The molecule has 0 saturated heterocycles. The molecule has 0 radical (unpaired) electrons. The standard InChI is InChI=1S/C8H10N2O4/c9-5(8(13)14)3-10-2-1-6(11)7(12)4-10/h1-2,4-5,12H,3,9H2,(H,13,14)/p+1. The number of carbonyl (C=O) groups is 1. The molecule has 0 aliphatic heterocycles. The van der Waals surface area contributed by atoms with E-state index in [1.54, 1.807) is 0 Å². The highest BCUT2D eigenvalue weighted by Crippen LogP contribution is 1.99. The number of pyridine rings is 1. The van der Waals surface area contributed by atoms with E-state index < -0.39 is 23.2 Å². The van der Waals surface area contributed by atoms with Crippen molar-refractivity contribution in [1.82, 2.24) is 4.57 Å². The molecule has 0 aromatic carbocycles. The van der Waals surface area contributed by atoms with Crippen molar-refractivity contribution in [2.24, 2.45) is 0 Å². The van der Waals surface area contributed by atoms with Crippen LogP contribution in [0.15, 0.2) is 23.3 Å². The van der Waals surface area contributed by atoms with Crippen LogP contribution in [0.25, 0.3) is 0 Å². The van der Waals surface area contributed by atoms with Crippen molar-refractivity contribution in [2.45, 2.75) is 12.6 Å². The van der Waals surface area contributed by atoms with E-state index in [2.05, 4.69) is 5.73 Å². The Morgan fingerprint density at radius 2 is 2.29 bits per heavy atom. The van der Waals surface area contributed by atoms with Gasteiger partial charge in [-0.3, -0.25) is 4.79 Å². The lowest BCUT2D eigenvalue weighted by Gasteiger charge is -2.07. The predicted octanol–water partition coefficient (Wildman–Crippen LogP) is -1.75. The lowest BCUT2D eigenvalue weighted by atomic mass is 10.3. The highest BCUT2D eigenvalue weighted by Gasteiger charge is 2.15. The summed E-state index contributed by atoms with van der Waals surface area (Å²) in [5, 5.41) is 17.6. The SMILES string of the molecule is [NH3+]C(Cn1ccc(=O)c(O)c1)C(=O)O. The molecular formula is C8H11N2O4+. The van der Waals surface area contributed by atoms with E-state index in [-0.39, 0.29) is 6.54 Å². The zero-order valence-electron chi connectivity index (χ0n) is 7.38. The molecule has 1 aromatic rings. The zero-order valence-corrected chi connectivity index (χ0v) is 7.38. The predicted molar refractivity (Wildman–Crippen MR) is 46.7 cm³/mol. The maximum atomic E-state index is 10.8. The Morgan fingerprint density at radius 3 is 2.79 bits per heavy atom. The Kier molecular flexibility index (Phi) is 2.88. The van der Waals surface area contributed by atoms with Gasteiger partial charge in [-0.05, 0) is 0 Å². The maximum Gasteiger partial charge on any atom is 0.364 e. The van der Waals surface area contributed by atoms with E-state index in [0.29, 0.717) is 0 Å². The van der Waals surface area contributed by atoms with Crippen molar-refractivity contribution < 1.29 is 20.7 Å². The smallest absolute Gasteiger partial charge is 0.364 e. The summed E-state index contributed by atoms with van der Waals surface area (Å²) in [5.74, 6) is -1.42. The van der Waals surface area contributed by atoms with Crippen LogP contribution in [0.2, 0.25) is 0 Å². The van der Waals surface area contributed by atoms with Gasteiger partial charge >= 0.3 is 5.97 Å². The molecule has 0 amide bonds. The van der Waals surface area contributed by atoms with Crippen molar-refractivity contribution >= 4 is 5.97 Å². The van der Waals surface area contributed by atoms with Crippen LogP contribution >= 0.6 is 0 Å². The molecule has 6 heteroatoms. The second-order valence-corrected chi connectivity index (χ2v) is 2.93. The molecule has 0 aliphatic rings. The van der Waals surface area contributed by atoms with Crippen molar-refractivity contribution in [3.05, 3.63) is 28.7 Å². The number of hydrogen-bond donors (Lipinski definition) is 3. The summed E-state index contributed by atoms with van der Waals surface area (Å²) in [7, 11) is 0. The fraction of sp³-hybridized carbons (Fsp3) is 0.250. The van der Waals surface area contributed by atoms with Crippen LogP contribution in [0.1, 0.15) is 0 Å². The molecule has 1 heterocycles. The molecule has 76 valence electrons. The second kappa shape index (κ2) is 3.93. The van der Waals surface area contributed by atoms with Crippen molar-refractivity contribution in [1.29, 1.82) is 0 Å². The lowest BCUT2D eigenvalue weighted by Crippen LogP contribution is -2.66. The lowest BCUT2D eigenvalue weighted by molar-refractivity contribution is -0.410. The van der Waals surface area contributed by atoms with Gasteiger partial charge in [0.25, 0.3) is 0 Å². The molecule has 1 atom stereocenters. The molecule has 0 fully saturated rings. The first-order chi connectivity index (χ1) is 6.50. The van der Waals surface area contributed by atoms with Gasteiger partial charge in [0, 0.05) is 12.3 Å². The number of aromatic nitrogens is 1. The Labute approximate surface area is 79.2 Å². The number of carboxylic acids is 1. The monoisotopic (exact) mass is 199 g/mol. The van der Waals surface area contributed by atoms with Gasteiger partial charge in [-0.1, -0.05) is 0 Å². The number of aliphatic carboxylic acids is 1. The van der Waals surface area contributed by atoms with E-state index in [1.165, 1.54) is 23.0 Å². The molecular weight excluding hydrogens is 188 g/mol. The van der Waals surface area contributed by atoms with Gasteiger partial charge in [-0.2, -0.15) is 0 Å². The summed E-state index contributed by atoms with van der Waals surface area (Å²) in [6.07, 6.45) is 2.59. The third-order valence-electron chi connectivity index (χ3n) is 1.74. The number of hydrogen-bond acceptors (Lipinski definition) is 3. The van der Waals surface area contributed by atoms with Crippen LogP contribution in [0.5, 0.6) is 5.75 Å². The van der Waals surface area contributed by atoms with Crippen LogP contribution in [0.3, 0.4) is 0 Å². The molecule has 0 bridgehead atoms. The molecule has 0 spiro atoms. The minimum absolute atomic E-state index is 0.114. The summed E-state index contributed by atoms with van der Waals surface area (Å²) in [6.45, 7) is 0.114. The third-order valence-corrected chi connectivity index (χ3v) is 1.74. The highest BCUT2D eigenvalue weighted by atomic mass is 16.4. The number of rotatable bonds is 3. The Bertz CT molecular complexity index is 399. The highest BCUT2D eigenvalue weighted by molar-refractivity contribution is 5.71. The molecule has 1 aromatic heterocycles. The van der Waals surface area contributed by atoms with Gasteiger partial charge in [-0.25, -0.2) is 4.79 Å². The molecule has 14 heavy (non-hydrogen) atoms. The summed E-state index contributed by atoms with van der Waals surface area (Å²) < 4.78 is 1.41. The largest absolute Gasteiger partial charge is 0.503 e. The second-order valence-electron chi connectivity index (χ2n) is 2.93. The summed E-state index contributed by atoms with van der Waals surface area (Å²) in [5.41, 5.74) is 2.92. The quantitative estimate of drug-likeness (QED) is 0.536. The van der Waals surface area contributed by atoms with Gasteiger partial charge in [0.15, 0.2) is 5.75 Å². The Hall–Kier alpha value is -1.82. The van der Waals surface area contributed by atoms with Crippen molar-refractivity contribution in [3.63, 3.8) is 0 Å². The average molecular weight is 199 g/mol. The van der Waals surface area contributed by atoms with E-state index in [9.17, 15) is 9.59 Å². The third kappa shape index (κ3) is 2.33. The first-order valence-corrected chi connectivity index (χ1v) is 3.95. The molecule has 5 N–H and O–H groups in total. The Balaban J connectivity index is 2.83. The van der Waals surface area contributed by atoms with Crippen LogP contribution in [0, 0.1) is 0 Å². The van der Waals surface area contributed by atoms with Crippen molar-refractivity contribution in [2.75, 3.05) is 0 Å². The van der Waals surface area contributed by atoms with E-state index in [0.717, 1.165) is 0 Å². The maximum absolute atomic E-state index is 10.8. The summed E-state index contributed by atoms with van der Waals surface area (Å²) in [4.78, 5) is 21.3. The van der Waals surface area contributed by atoms with Crippen LogP contribution in [-0.2, 0) is 11.3 Å². The summed E-state index contributed by atoms with van der Waals surface area (Å²) in [6, 6.07) is 0.362. The Morgan fingerprint density at radius 1 is 1.64 bits per heavy atom. The zero-order chi connectivity index (χ0) is 10.7. The summed E-state index contributed by atoms with van der Waals surface area (Å²) >= 11 is 0. The first-order valence-electron chi connectivity index (χ1n) is 3.95. The number of carboxylic acid groups (broad SMARTS) is 1. The van der Waals surface area contributed by atoms with Gasteiger partial charge in [0.05, 0.1) is 12.7 Å². The minimum atomic E-state index is -1.02. The van der Waals surface area contributed by atoms with Gasteiger partial charge < -0.3 is 20.5 Å². The number of quaternary nitrogens is 1. The number of aromatic hydroxyl groups is 1. The first kappa shape index (κ1) is 10.3. The van der Waals surface area contributed by atoms with E-state index in [4.69, 9.17) is 10.2 Å². The van der Waals surface area contributed by atoms with Crippen LogP contribution in [0.4, 0.5) is 0 Å². The molecule has 0 aliphatic carbocycles. The van der Waals surface area contributed by atoms with E-state index >= 15 is 0 Å². The van der Waals surface area contributed by atoms with Crippen LogP contribution in [-0.4, -0.2) is 26.8 Å².